The highest BCUT2D eigenvalue weighted by Gasteiger charge is 2.11. The maximum absolute atomic E-state index is 12.3. The van der Waals surface area contributed by atoms with Crippen molar-refractivity contribution in [1.82, 2.24) is 4.98 Å². The number of benzene rings is 2. The molecule has 0 saturated carbocycles. The number of nitrogens with one attached hydrogen (secondary N) is 1. The minimum atomic E-state index is -0.129. The Hall–Kier alpha value is -2.46. The summed E-state index contributed by atoms with van der Waals surface area (Å²) in [5.74, 6) is -0.129. The molecular weight excluding hydrogens is 304 g/mol. The van der Waals surface area contributed by atoms with Crippen LogP contribution in [0.1, 0.15) is 27.0 Å². The van der Waals surface area contributed by atoms with E-state index in [0.29, 0.717) is 10.7 Å². The molecule has 0 aliphatic rings. The molecule has 0 atom stereocenters. The van der Waals surface area contributed by atoms with Crippen LogP contribution in [0.3, 0.4) is 0 Å². The molecule has 0 bridgehead atoms. The van der Waals surface area contributed by atoms with E-state index in [1.165, 1.54) is 22.5 Å². The van der Waals surface area contributed by atoms with Crippen molar-refractivity contribution in [2.45, 2.75) is 20.8 Å². The minimum Gasteiger partial charge on any atom is -0.298 e. The number of anilines is 1. The van der Waals surface area contributed by atoms with Crippen LogP contribution in [-0.4, -0.2) is 10.9 Å². The fraction of sp³-hybridized carbons (Fsp3) is 0.158. The standard InChI is InChI=1S/C19H18N2OS/c1-12-5-4-6-15(10-12)18(22)21-19-20-17(11-23-19)16-8-7-13(2)9-14(16)3/h4-11H,1-3H3,(H,20,21,22). The van der Waals surface area contributed by atoms with E-state index in [0.717, 1.165) is 16.8 Å². The fourth-order valence-corrected chi connectivity index (χ4v) is 3.22. The van der Waals surface area contributed by atoms with Crippen molar-refractivity contribution in [2.24, 2.45) is 0 Å². The molecule has 1 aromatic heterocycles. The monoisotopic (exact) mass is 322 g/mol. The molecular formula is C19H18N2OS. The van der Waals surface area contributed by atoms with Gasteiger partial charge < -0.3 is 0 Å². The molecule has 1 heterocycles. The third kappa shape index (κ3) is 3.48. The van der Waals surface area contributed by atoms with Gasteiger partial charge in [-0.05, 0) is 38.5 Å². The van der Waals surface area contributed by atoms with Crippen LogP contribution in [0.4, 0.5) is 5.13 Å². The molecule has 0 aliphatic carbocycles. The molecule has 1 N–H and O–H groups in total. The van der Waals surface area contributed by atoms with Crippen molar-refractivity contribution in [3.05, 3.63) is 70.1 Å². The molecule has 1 amide bonds. The lowest BCUT2D eigenvalue weighted by Crippen LogP contribution is -2.11. The van der Waals surface area contributed by atoms with E-state index in [4.69, 9.17) is 0 Å². The first kappa shape index (κ1) is 15.4. The van der Waals surface area contributed by atoms with Gasteiger partial charge in [0, 0.05) is 16.5 Å². The van der Waals surface area contributed by atoms with E-state index >= 15 is 0 Å². The highest BCUT2D eigenvalue weighted by molar-refractivity contribution is 7.14. The van der Waals surface area contributed by atoms with Crippen LogP contribution in [0.15, 0.2) is 47.8 Å². The third-order valence-electron chi connectivity index (χ3n) is 3.66. The molecule has 0 saturated heterocycles. The average molecular weight is 322 g/mol. The van der Waals surface area contributed by atoms with E-state index in [2.05, 4.69) is 42.3 Å². The summed E-state index contributed by atoms with van der Waals surface area (Å²) >= 11 is 1.44. The maximum atomic E-state index is 12.3. The van der Waals surface area contributed by atoms with Gasteiger partial charge in [-0.2, -0.15) is 0 Å². The molecule has 116 valence electrons. The smallest absolute Gasteiger partial charge is 0.257 e. The quantitative estimate of drug-likeness (QED) is 0.738. The second-order valence-corrected chi connectivity index (χ2v) is 6.54. The lowest BCUT2D eigenvalue weighted by molar-refractivity contribution is 0.102. The van der Waals surface area contributed by atoms with Gasteiger partial charge in [-0.15, -0.1) is 11.3 Å². The Bertz CT molecular complexity index is 867. The molecule has 0 spiro atoms. The Labute approximate surface area is 140 Å². The first-order chi connectivity index (χ1) is 11.0. The van der Waals surface area contributed by atoms with Crippen LogP contribution in [0.2, 0.25) is 0 Å². The van der Waals surface area contributed by atoms with E-state index in [1.54, 1.807) is 6.07 Å². The zero-order valence-electron chi connectivity index (χ0n) is 13.4. The predicted octanol–water partition coefficient (Wildman–Crippen LogP) is 4.99. The number of rotatable bonds is 3. The van der Waals surface area contributed by atoms with Gasteiger partial charge >= 0.3 is 0 Å². The normalized spacial score (nSPS) is 10.6. The molecule has 0 unspecified atom stereocenters. The van der Waals surface area contributed by atoms with Gasteiger partial charge in [0.15, 0.2) is 5.13 Å². The first-order valence-electron chi connectivity index (χ1n) is 7.44. The summed E-state index contributed by atoms with van der Waals surface area (Å²) in [4.78, 5) is 16.8. The van der Waals surface area contributed by atoms with Crippen LogP contribution in [0, 0.1) is 20.8 Å². The Morgan fingerprint density at radius 3 is 2.57 bits per heavy atom. The maximum Gasteiger partial charge on any atom is 0.257 e. The van der Waals surface area contributed by atoms with Gasteiger partial charge in [0.2, 0.25) is 0 Å². The summed E-state index contributed by atoms with van der Waals surface area (Å²) in [5, 5.41) is 5.47. The highest BCUT2D eigenvalue weighted by Crippen LogP contribution is 2.28. The Morgan fingerprint density at radius 1 is 1.04 bits per heavy atom. The van der Waals surface area contributed by atoms with Crippen LogP contribution < -0.4 is 5.32 Å². The third-order valence-corrected chi connectivity index (χ3v) is 4.42. The Kier molecular flexibility index (Phi) is 4.26. The number of hydrogen-bond acceptors (Lipinski definition) is 3. The van der Waals surface area contributed by atoms with Crippen molar-refractivity contribution >= 4 is 22.4 Å². The summed E-state index contributed by atoms with van der Waals surface area (Å²) in [6.07, 6.45) is 0. The van der Waals surface area contributed by atoms with Gasteiger partial charge in [-0.25, -0.2) is 4.98 Å². The Balaban J connectivity index is 1.81. The van der Waals surface area contributed by atoms with Crippen molar-refractivity contribution in [2.75, 3.05) is 5.32 Å². The van der Waals surface area contributed by atoms with E-state index in [9.17, 15) is 4.79 Å². The van der Waals surface area contributed by atoms with E-state index < -0.39 is 0 Å². The second kappa shape index (κ2) is 6.34. The van der Waals surface area contributed by atoms with Crippen molar-refractivity contribution < 1.29 is 4.79 Å². The zero-order valence-corrected chi connectivity index (χ0v) is 14.2. The zero-order chi connectivity index (χ0) is 16.4. The number of aromatic nitrogens is 1. The molecule has 0 radical (unpaired) electrons. The van der Waals surface area contributed by atoms with E-state index in [1.807, 2.05) is 30.5 Å². The number of nitrogens with zero attached hydrogens (tertiary/aromatic N) is 1. The van der Waals surface area contributed by atoms with Crippen molar-refractivity contribution in [1.29, 1.82) is 0 Å². The lowest BCUT2D eigenvalue weighted by Gasteiger charge is -2.04. The number of carbonyl (C=O) groups excluding carboxylic acids is 1. The van der Waals surface area contributed by atoms with Gasteiger partial charge in [0.05, 0.1) is 5.69 Å². The largest absolute Gasteiger partial charge is 0.298 e. The molecule has 3 aromatic rings. The van der Waals surface area contributed by atoms with Gasteiger partial charge in [-0.3, -0.25) is 10.1 Å². The molecule has 0 aliphatic heterocycles. The minimum absolute atomic E-state index is 0.129. The van der Waals surface area contributed by atoms with Gasteiger partial charge in [0.1, 0.15) is 0 Å². The van der Waals surface area contributed by atoms with Crippen molar-refractivity contribution in [3.63, 3.8) is 0 Å². The van der Waals surface area contributed by atoms with Crippen molar-refractivity contribution in [3.8, 4) is 11.3 Å². The van der Waals surface area contributed by atoms with Gasteiger partial charge in [-0.1, -0.05) is 41.5 Å². The van der Waals surface area contributed by atoms with Gasteiger partial charge in [0.25, 0.3) is 5.91 Å². The summed E-state index contributed by atoms with van der Waals surface area (Å²) in [6.45, 7) is 6.12. The lowest BCUT2D eigenvalue weighted by atomic mass is 10.0. The Morgan fingerprint density at radius 2 is 1.83 bits per heavy atom. The molecule has 3 nitrogen and oxygen atoms in total. The summed E-state index contributed by atoms with van der Waals surface area (Å²) < 4.78 is 0. The predicted molar refractivity (Wildman–Crippen MR) is 96.2 cm³/mol. The topological polar surface area (TPSA) is 42.0 Å². The molecule has 3 rings (SSSR count). The number of hydrogen-bond donors (Lipinski definition) is 1. The SMILES string of the molecule is Cc1cccc(C(=O)Nc2nc(-c3ccc(C)cc3C)cs2)c1. The van der Waals surface area contributed by atoms with E-state index in [-0.39, 0.29) is 5.91 Å². The van der Waals surface area contributed by atoms with Crippen LogP contribution in [-0.2, 0) is 0 Å². The van der Waals surface area contributed by atoms with Crippen LogP contribution in [0.25, 0.3) is 11.3 Å². The number of carbonyl (C=O) groups is 1. The highest BCUT2D eigenvalue weighted by atomic mass is 32.1. The van der Waals surface area contributed by atoms with Crippen LogP contribution >= 0.6 is 11.3 Å². The summed E-state index contributed by atoms with van der Waals surface area (Å²) in [7, 11) is 0. The fourth-order valence-electron chi connectivity index (χ4n) is 2.51. The number of amides is 1. The number of thiazole rings is 1. The summed E-state index contributed by atoms with van der Waals surface area (Å²) in [6, 6.07) is 13.8. The summed E-state index contributed by atoms with van der Waals surface area (Å²) in [5.41, 5.74) is 6.12. The number of aryl methyl sites for hydroxylation is 3. The molecule has 23 heavy (non-hydrogen) atoms. The molecule has 4 heteroatoms. The van der Waals surface area contributed by atoms with Crippen LogP contribution in [0.5, 0.6) is 0 Å². The molecule has 2 aromatic carbocycles. The second-order valence-electron chi connectivity index (χ2n) is 5.68. The first-order valence-corrected chi connectivity index (χ1v) is 8.32. The average Bonchev–Trinajstić information content (AvgIpc) is 2.95. The molecule has 0 fully saturated rings.